The van der Waals surface area contributed by atoms with Crippen molar-refractivity contribution in [2.24, 2.45) is 0 Å². The van der Waals surface area contributed by atoms with Crippen LogP contribution in [0.5, 0.6) is 0 Å². The number of esters is 1. The predicted octanol–water partition coefficient (Wildman–Crippen LogP) is 2.01. The Labute approximate surface area is 97.9 Å². The number of rotatable bonds is 3. The molecule has 0 bridgehead atoms. The molecule has 1 rings (SSSR count). The highest BCUT2D eigenvalue weighted by molar-refractivity contribution is 6.37. The number of carbonyl (C=O) groups excluding carboxylic acids is 2. The molecule has 0 saturated carbocycles. The van der Waals surface area contributed by atoms with E-state index in [0.717, 1.165) is 0 Å². The molecule has 1 amide bonds. The first kappa shape index (κ1) is 12.3. The molecule has 0 aliphatic carbocycles. The minimum Gasteiger partial charge on any atom is -0.454 e. The Kier molecular flexibility index (Phi) is 4.54. The highest BCUT2D eigenvalue weighted by Gasteiger charge is 2.14. The molecule has 5 heteroatoms. The van der Waals surface area contributed by atoms with Gasteiger partial charge in [0.25, 0.3) is 0 Å². The smallest absolute Gasteiger partial charge is 0.397 e. The van der Waals surface area contributed by atoms with Crippen molar-refractivity contribution in [3.63, 3.8) is 0 Å². The van der Waals surface area contributed by atoms with E-state index in [9.17, 15) is 9.59 Å². The number of nitrogens with one attached hydrogen (secondary N) is 1. The molecule has 0 heterocycles. The zero-order valence-electron chi connectivity index (χ0n) is 8.40. The maximum atomic E-state index is 11.3. The summed E-state index contributed by atoms with van der Waals surface area (Å²) in [5.74, 6) is -1.78. The van der Waals surface area contributed by atoms with E-state index >= 15 is 0 Å². The number of halogens is 1. The first-order valence-corrected chi connectivity index (χ1v) is 4.86. The van der Waals surface area contributed by atoms with Gasteiger partial charge in [-0.3, -0.25) is 4.79 Å². The second kappa shape index (κ2) is 5.92. The van der Waals surface area contributed by atoms with E-state index in [1.807, 2.05) is 0 Å². The van der Waals surface area contributed by atoms with Gasteiger partial charge in [-0.25, -0.2) is 4.79 Å². The van der Waals surface area contributed by atoms with E-state index in [1.54, 1.807) is 24.3 Å². The van der Waals surface area contributed by atoms with Crippen LogP contribution >= 0.6 is 11.6 Å². The Balaban J connectivity index is 2.54. The van der Waals surface area contributed by atoms with Crippen molar-refractivity contribution in [1.82, 2.24) is 0 Å². The fraction of sp³-hybridized carbons (Fsp3) is 0.0909. The van der Waals surface area contributed by atoms with Crippen LogP contribution in [-0.4, -0.2) is 18.5 Å². The van der Waals surface area contributed by atoms with Crippen molar-refractivity contribution in [2.45, 2.75) is 0 Å². The van der Waals surface area contributed by atoms with Crippen molar-refractivity contribution in [3.05, 3.63) is 41.9 Å². The van der Waals surface area contributed by atoms with E-state index in [1.165, 1.54) is 6.08 Å². The lowest BCUT2D eigenvalue weighted by atomic mass is 10.3. The fourth-order valence-electron chi connectivity index (χ4n) is 0.916. The minimum atomic E-state index is -0.949. The van der Waals surface area contributed by atoms with Crippen LogP contribution in [0.2, 0.25) is 5.02 Å². The Hall–Kier alpha value is -1.81. The van der Waals surface area contributed by atoms with Crippen LogP contribution in [0.15, 0.2) is 36.9 Å². The first-order valence-electron chi connectivity index (χ1n) is 4.48. The van der Waals surface area contributed by atoms with Gasteiger partial charge < -0.3 is 10.1 Å². The van der Waals surface area contributed by atoms with Gasteiger partial charge in [0.15, 0.2) is 0 Å². The molecule has 0 aromatic heterocycles. The maximum Gasteiger partial charge on any atom is 0.397 e. The summed E-state index contributed by atoms with van der Waals surface area (Å²) in [5.41, 5.74) is 0.477. The third-order valence-electron chi connectivity index (χ3n) is 1.62. The fourth-order valence-corrected chi connectivity index (χ4v) is 1.04. The Morgan fingerprint density at radius 1 is 1.38 bits per heavy atom. The standard InChI is InChI=1S/C11H10ClNO3/c1-2-7-16-11(15)10(14)13-9-5-3-8(12)4-6-9/h2-6H,1,7H2,(H,13,14). The van der Waals surface area contributed by atoms with Crippen LogP contribution in [-0.2, 0) is 14.3 Å². The second-order valence-corrected chi connectivity index (χ2v) is 3.28. The number of hydrogen-bond donors (Lipinski definition) is 1. The molecule has 1 aromatic carbocycles. The average molecular weight is 240 g/mol. The summed E-state index contributed by atoms with van der Waals surface area (Å²) < 4.78 is 4.55. The van der Waals surface area contributed by atoms with Crippen LogP contribution in [0, 0.1) is 0 Å². The average Bonchev–Trinajstić information content (AvgIpc) is 2.29. The normalized spacial score (nSPS) is 9.31. The van der Waals surface area contributed by atoms with Crippen molar-refractivity contribution in [3.8, 4) is 0 Å². The van der Waals surface area contributed by atoms with Crippen molar-refractivity contribution in [1.29, 1.82) is 0 Å². The van der Waals surface area contributed by atoms with Crippen LogP contribution < -0.4 is 5.32 Å². The summed E-state index contributed by atoms with van der Waals surface area (Å²) in [4.78, 5) is 22.3. The summed E-state index contributed by atoms with van der Waals surface area (Å²) in [7, 11) is 0. The van der Waals surface area contributed by atoms with E-state index in [4.69, 9.17) is 11.6 Å². The Morgan fingerprint density at radius 2 is 2.00 bits per heavy atom. The van der Waals surface area contributed by atoms with Gasteiger partial charge in [0, 0.05) is 10.7 Å². The monoisotopic (exact) mass is 239 g/mol. The van der Waals surface area contributed by atoms with E-state index < -0.39 is 11.9 Å². The molecule has 0 spiro atoms. The molecular formula is C11H10ClNO3. The van der Waals surface area contributed by atoms with Crippen LogP contribution in [0.1, 0.15) is 0 Å². The third kappa shape index (κ3) is 3.74. The first-order chi connectivity index (χ1) is 7.63. The molecule has 0 atom stereocenters. The zero-order chi connectivity index (χ0) is 12.0. The summed E-state index contributed by atoms with van der Waals surface area (Å²) in [6.45, 7) is 3.37. The minimum absolute atomic E-state index is 0.00682. The summed E-state index contributed by atoms with van der Waals surface area (Å²) in [6.07, 6.45) is 1.38. The van der Waals surface area contributed by atoms with Crippen LogP contribution in [0.4, 0.5) is 5.69 Å². The molecule has 16 heavy (non-hydrogen) atoms. The van der Waals surface area contributed by atoms with Crippen molar-refractivity contribution in [2.75, 3.05) is 11.9 Å². The van der Waals surface area contributed by atoms with E-state index in [2.05, 4.69) is 16.6 Å². The SMILES string of the molecule is C=CCOC(=O)C(=O)Nc1ccc(Cl)cc1. The van der Waals surface area contributed by atoms with Crippen LogP contribution in [0.3, 0.4) is 0 Å². The number of ether oxygens (including phenoxy) is 1. The van der Waals surface area contributed by atoms with Gasteiger partial charge in [0.05, 0.1) is 0 Å². The van der Waals surface area contributed by atoms with E-state index in [0.29, 0.717) is 10.7 Å². The van der Waals surface area contributed by atoms with Crippen molar-refractivity contribution >= 4 is 29.2 Å². The quantitative estimate of drug-likeness (QED) is 0.499. The maximum absolute atomic E-state index is 11.3. The molecule has 0 aliphatic heterocycles. The van der Waals surface area contributed by atoms with Crippen molar-refractivity contribution < 1.29 is 14.3 Å². The molecule has 84 valence electrons. The topological polar surface area (TPSA) is 55.4 Å². The summed E-state index contributed by atoms with van der Waals surface area (Å²) in [5, 5.41) is 2.92. The highest BCUT2D eigenvalue weighted by atomic mass is 35.5. The van der Waals surface area contributed by atoms with Gasteiger partial charge in [-0.15, -0.1) is 0 Å². The largest absolute Gasteiger partial charge is 0.454 e. The molecule has 1 N–H and O–H groups in total. The lowest BCUT2D eigenvalue weighted by Gasteiger charge is -2.04. The number of carbonyl (C=O) groups is 2. The molecular weight excluding hydrogens is 230 g/mol. The van der Waals surface area contributed by atoms with Gasteiger partial charge in [-0.2, -0.15) is 0 Å². The molecule has 0 unspecified atom stereocenters. The second-order valence-electron chi connectivity index (χ2n) is 2.85. The predicted molar refractivity (Wildman–Crippen MR) is 61.2 cm³/mol. The molecule has 0 saturated heterocycles. The Bertz CT molecular complexity index is 400. The molecule has 4 nitrogen and oxygen atoms in total. The van der Waals surface area contributed by atoms with Gasteiger partial charge in [-0.05, 0) is 24.3 Å². The molecule has 0 fully saturated rings. The van der Waals surface area contributed by atoms with Gasteiger partial charge in [0.2, 0.25) is 0 Å². The number of amides is 1. The lowest BCUT2D eigenvalue weighted by Crippen LogP contribution is -2.25. The third-order valence-corrected chi connectivity index (χ3v) is 1.87. The molecule has 0 radical (unpaired) electrons. The number of anilines is 1. The van der Waals surface area contributed by atoms with E-state index in [-0.39, 0.29) is 6.61 Å². The summed E-state index contributed by atoms with van der Waals surface area (Å²) in [6, 6.07) is 6.38. The molecule has 1 aromatic rings. The lowest BCUT2D eigenvalue weighted by molar-refractivity contribution is -0.151. The summed E-state index contributed by atoms with van der Waals surface area (Å²) >= 11 is 5.66. The van der Waals surface area contributed by atoms with Gasteiger partial charge in [0.1, 0.15) is 6.61 Å². The highest BCUT2D eigenvalue weighted by Crippen LogP contribution is 2.13. The Morgan fingerprint density at radius 3 is 2.56 bits per heavy atom. The number of benzene rings is 1. The number of hydrogen-bond acceptors (Lipinski definition) is 3. The van der Waals surface area contributed by atoms with Gasteiger partial charge >= 0.3 is 11.9 Å². The molecule has 0 aliphatic rings. The zero-order valence-corrected chi connectivity index (χ0v) is 9.16. The van der Waals surface area contributed by atoms with Crippen LogP contribution in [0.25, 0.3) is 0 Å². The van der Waals surface area contributed by atoms with Gasteiger partial charge in [-0.1, -0.05) is 24.3 Å².